The first kappa shape index (κ1) is 16.5. The van der Waals surface area contributed by atoms with Crippen LogP contribution in [-0.2, 0) is 11.3 Å². The lowest BCUT2D eigenvalue weighted by molar-refractivity contribution is -0.117. The van der Waals surface area contributed by atoms with Crippen LogP contribution in [0.5, 0.6) is 0 Å². The summed E-state index contributed by atoms with van der Waals surface area (Å²) in [6.07, 6.45) is 8.07. The molecule has 2 amide bonds. The fourth-order valence-corrected chi connectivity index (χ4v) is 2.33. The molecule has 0 aliphatic rings. The molecule has 25 heavy (non-hydrogen) atoms. The summed E-state index contributed by atoms with van der Waals surface area (Å²) in [6.45, 7) is 2.29. The molecule has 1 atom stereocenters. The molecular weight excluding hydrogens is 320 g/mol. The van der Waals surface area contributed by atoms with Crippen molar-refractivity contribution in [2.75, 3.05) is 5.32 Å². The second kappa shape index (κ2) is 7.48. The van der Waals surface area contributed by atoms with E-state index >= 15 is 0 Å². The number of rotatable bonds is 6. The summed E-state index contributed by atoms with van der Waals surface area (Å²) in [5, 5.41) is 5.44. The van der Waals surface area contributed by atoms with Crippen molar-refractivity contribution in [2.45, 2.75) is 19.5 Å². The Kier molecular flexibility index (Phi) is 4.94. The van der Waals surface area contributed by atoms with Crippen LogP contribution >= 0.6 is 0 Å². The molecule has 3 aromatic rings. The van der Waals surface area contributed by atoms with Gasteiger partial charge in [0.25, 0.3) is 5.91 Å². The van der Waals surface area contributed by atoms with Gasteiger partial charge in [0.15, 0.2) is 0 Å². The van der Waals surface area contributed by atoms with Gasteiger partial charge in [-0.1, -0.05) is 12.1 Å². The minimum Gasteiger partial charge on any atom is -0.472 e. The van der Waals surface area contributed by atoms with Gasteiger partial charge in [0, 0.05) is 24.6 Å². The second-order valence-corrected chi connectivity index (χ2v) is 5.63. The monoisotopic (exact) mass is 338 g/mol. The average Bonchev–Trinajstić information content (AvgIpc) is 3.28. The van der Waals surface area contributed by atoms with Crippen LogP contribution in [0, 0.1) is 0 Å². The number of hydrogen-bond donors (Lipinski definition) is 2. The molecule has 0 saturated carbocycles. The first-order chi connectivity index (χ1) is 12.1. The highest BCUT2D eigenvalue weighted by atomic mass is 16.3. The molecule has 2 N–H and O–H groups in total. The van der Waals surface area contributed by atoms with Gasteiger partial charge < -0.3 is 19.6 Å². The second-order valence-electron chi connectivity index (χ2n) is 5.63. The Balaban J connectivity index is 1.59. The Hall–Kier alpha value is -3.35. The Labute approximate surface area is 144 Å². The maximum absolute atomic E-state index is 12.3. The molecule has 0 radical (unpaired) electrons. The third-order valence-electron chi connectivity index (χ3n) is 3.64. The maximum atomic E-state index is 12.3. The van der Waals surface area contributed by atoms with E-state index in [0.29, 0.717) is 17.8 Å². The van der Waals surface area contributed by atoms with Crippen molar-refractivity contribution in [3.05, 3.63) is 72.7 Å². The number of imidazole rings is 1. The molecule has 7 heteroatoms. The summed E-state index contributed by atoms with van der Waals surface area (Å²) in [4.78, 5) is 28.2. The summed E-state index contributed by atoms with van der Waals surface area (Å²) in [7, 11) is 0. The Bertz CT molecular complexity index is 841. The topological polar surface area (TPSA) is 89.2 Å². The lowest BCUT2D eigenvalue weighted by atomic mass is 10.2. The number of nitrogens with one attached hydrogen (secondary N) is 2. The highest BCUT2D eigenvalue weighted by Crippen LogP contribution is 2.12. The highest BCUT2D eigenvalue weighted by Gasteiger charge is 2.17. The SMILES string of the molecule is C[C@H](NC(=O)c1ccoc1)C(=O)Nc1cccc(Cn2ccnc2)c1. The van der Waals surface area contributed by atoms with Crippen molar-refractivity contribution in [3.8, 4) is 0 Å². The lowest BCUT2D eigenvalue weighted by Gasteiger charge is -2.14. The molecule has 0 aliphatic carbocycles. The molecule has 2 heterocycles. The number of nitrogens with zero attached hydrogens (tertiary/aromatic N) is 2. The Morgan fingerprint density at radius 3 is 2.92 bits per heavy atom. The first-order valence-corrected chi connectivity index (χ1v) is 7.80. The van der Waals surface area contributed by atoms with Crippen LogP contribution < -0.4 is 10.6 Å². The molecule has 128 valence electrons. The van der Waals surface area contributed by atoms with Gasteiger partial charge >= 0.3 is 0 Å². The zero-order valence-electron chi connectivity index (χ0n) is 13.7. The maximum Gasteiger partial charge on any atom is 0.255 e. The van der Waals surface area contributed by atoms with Gasteiger partial charge in [-0.25, -0.2) is 4.98 Å². The standard InChI is InChI=1S/C18H18N4O3/c1-13(20-18(24)15-5-8-25-11-15)17(23)21-16-4-2-3-14(9-16)10-22-7-6-19-12-22/h2-9,11-13H,10H2,1H3,(H,20,24)(H,21,23)/t13-/m0/s1. The summed E-state index contributed by atoms with van der Waals surface area (Å²) in [6, 6.07) is 8.40. The first-order valence-electron chi connectivity index (χ1n) is 7.80. The van der Waals surface area contributed by atoms with Crippen molar-refractivity contribution in [1.82, 2.24) is 14.9 Å². The van der Waals surface area contributed by atoms with Crippen molar-refractivity contribution in [2.24, 2.45) is 0 Å². The predicted molar refractivity (Wildman–Crippen MR) is 92.0 cm³/mol. The van der Waals surface area contributed by atoms with E-state index in [1.807, 2.05) is 29.0 Å². The van der Waals surface area contributed by atoms with Gasteiger partial charge in [-0.2, -0.15) is 0 Å². The third kappa shape index (κ3) is 4.35. The van der Waals surface area contributed by atoms with Crippen LogP contribution in [0.4, 0.5) is 5.69 Å². The van der Waals surface area contributed by atoms with Crippen molar-refractivity contribution < 1.29 is 14.0 Å². The molecule has 7 nitrogen and oxygen atoms in total. The number of aromatic nitrogens is 2. The number of carbonyl (C=O) groups excluding carboxylic acids is 2. The molecule has 0 aliphatic heterocycles. The van der Waals surface area contributed by atoms with E-state index < -0.39 is 6.04 Å². The lowest BCUT2D eigenvalue weighted by Crippen LogP contribution is -2.41. The molecule has 2 aromatic heterocycles. The molecule has 0 saturated heterocycles. The quantitative estimate of drug-likeness (QED) is 0.721. The molecular formula is C18H18N4O3. The summed E-state index contributed by atoms with van der Waals surface area (Å²) in [5.41, 5.74) is 2.08. The van der Waals surface area contributed by atoms with E-state index in [1.165, 1.54) is 12.5 Å². The number of amides is 2. The zero-order valence-corrected chi connectivity index (χ0v) is 13.7. The van der Waals surface area contributed by atoms with E-state index in [1.54, 1.807) is 31.6 Å². The predicted octanol–water partition coefficient (Wildman–Crippen LogP) is 2.28. The largest absolute Gasteiger partial charge is 0.472 e. The van der Waals surface area contributed by atoms with Gasteiger partial charge in [-0.05, 0) is 30.7 Å². The normalized spacial score (nSPS) is 11.7. The van der Waals surface area contributed by atoms with Crippen LogP contribution in [0.15, 0.2) is 66.0 Å². The van der Waals surface area contributed by atoms with Crippen LogP contribution in [-0.4, -0.2) is 27.4 Å². The van der Waals surface area contributed by atoms with Crippen LogP contribution in [0.2, 0.25) is 0 Å². The summed E-state index contributed by atoms with van der Waals surface area (Å²) in [5.74, 6) is -0.651. The average molecular weight is 338 g/mol. The summed E-state index contributed by atoms with van der Waals surface area (Å²) < 4.78 is 6.80. The minimum absolute atomic E-state index is 0.295. The smallest absolute Gasteiger partial charge is 0.255 e. The van der Waals surface area contributed by atoms with Gasteiger partial charge in [0.1, 0.15) is 12.3 Å². The van der Waals surface area contributed by atoms with E-state index in [4.69, 9.17) is 4.42 Å². The Morgan fingerprint density at radius 1 is 1.32 bits per heavy atom. The minimum atomic E-state index is -0.681. The van der Waals surface area contributed by atoms with Gasteiger partial charge in [-0.15, -0.1) is 0 Å². The number of anilines is 1. The van der Waals surface area contributed by atoms with Crippen LogP contribution in [0.25, 0.3) is 0 Å². The highest BCUT2D eigenvalue weighted by molar-refractivity contribution is 6.00. The Morgan fingerprint density at radius 2 is 2.20 bits per heavy atom. The zero-order chi connectivity index (χ0) is 17.6. The molecule has 0 fully saturated rings. The van der Waals surface area contributed by atoms with E-state index in [0.717, 1.165) is 5.56 Å². The number of hydrogen-bond acceptors (Lipinski definition) is 4. The van der Waals surface area contributed by atoms with Crippen molar-refractivity contribution in [3.63, 3.8) is 0 Å². The number of furan rings is 1. The van der Waals surface area contributed by atoms with E-state index in [-0.39, 0.29) is 11.8 Å². The van der Waals surface area contributed by atoms with Crippen molar-refractivity contribution >= 4 is 17.5 Å². The van der Waals surface area contributed by atoms with Gasteiger partial charge in [0.2, 0.25) is 5.91 Å². The summed E-state index contributed by atoms with van der Waals surface area (Å²) >= 11 is 0. The number of carbonyl (C=O) groups is 2. The van der Waals surface area contributed by atoms with Gasteiger partial charge in [0.05, 0.1) is 18.2 Å². The fourth-order valence-electron chi connectivity index (χ4n) is 2.33. The van der Waals surface area contributed by atoms with Crippen LogP contribution in [0.1, 0.15) is 22.8 Å². The van der Waals surface area contributed by atoms with Crippen molar-refractivity contribution in [1.29, 1.82) is 0 Å². The molecule has 3 rings (SSSR count). The fraction of sp³-hybridized carbons (Fsp3) is 0.167. The van der Waals surface area contributed by atoms with E-state index in [2.05, 4.69) is 15.6 Å². The van der Waals surface area contributed by atoms with E-state index in [9.17, 15) is 9.59 Å². The van der Waals surface area contributed by atoms with Crippen LogP contribution in [0.3, 0.4) is 0 Å². The number of benzene rings is 1. The molecule has 0 unspecified atom stereocenters. The van der Waals surface area contributed by atoms with Gasteiger partial charge in [-0.3, -0.25) is 9.59 Å². The molecule has 1 aromatic carbocycles. The third-order valence-corrected chi connectivity index (χ3v) is 3.64. The molecule has 0 bridgehead atoms. The molecule has 0 spiro atoms.